The van der Waals surface area contributed by atoms with Gasteiger partial charge in [-0.25, -0.2) is 0 Å². The largest absolute Gasteiger partial charge is 0.416 e. The fourth-order valence-corrected chi connectivity index (χ4v) is 1.61. The molecular weight excluding hydrogens is 267 g/mol. The number of alkyl halides is 3. The maximum atomic E-state index is 12.4. The quantitative estimate of drug-likeness (QED) is 0.893. The molecule has 0 aromatic heterocycles. The predicted octanol–water partition coefficient (Wildman–Crippen LogP) is 4.19. The minimum Gasteiger partial charge on any atom is -0.380 e. The van der Waals surface area contributed by atoms with E-state index in [9.17, 15) is 13.2 Å². The number of anilines is 1. The molecule has 6 heteroatoms. The lowest BCUT2D eigenvalue weighted by Crippen LogP contribution is -2.29. The molecule has 0 spiro atoms. The number of halogens is 4. The van der Waals surface area contributed by atoms with E-state index in [0.29, 0.717) is 5.69 Å². The molecule has 1 rings (SSSR count). The number of hydrogen-bond donors (Lipinski definition) is 1. The summed E-state index contributed by atoms with van der Waals surface area (Å²) in [4.78, 5) is 0. The van der Waals surface area contributed by atoms with Gasteiger partial charge in [0.15, 0.2) is 0 Å². The summed E-state index contributed by atoms with van der Waals surface area (Å²) in [6.07, 6.45) is -4.46. The van der Waals surface area contributed by atoms with Gasteiger partial charge in [0.1, 0.15) is 0 Å². The van der Waals surface area contributed by atoms with Gasteiger partial charge in [-0.1, -0.05) is 11.6 Å². The molecule has 0 bridgehead atoms. The minimum absolute atomic E-state index is 0.0416. The second kappa shape index (κ2) is 5.80. The van der Waals surface area contributed by atoms with Crippen LogP contribution in [-0.4, -0.2) is 19.3 Å². The lowest BCUT2D eigenvalue weighted by molar-refractivity contribution is -0.137. The normalized spacial score (nSPS) is 15.3. The molecule has 102 valence electrons. The predicted molar refractivity (Wildman–Crippen MR) is 66.0 cm³/mol. The number of benzene rings is 1. The van der Waals surface area contributed by atoms with Gasteiger partial charge in [-0.2, -0.15) is 13.2 Å². The Bertz CT molecular complexity index is 409. The van der Waals surface area contributed by atoms with Crippen LogP contribution in [0, 0.1) is 0 Å². The summed E-state index contributed by atoms with van der Waals surface area (Å²) in [7, 11) is 1.57. The van der Waals surface area contributed by atoms with E-state index in [-0.39, 0.29) is 17.2 Å². The first-order valence-corrected chi connectivity index (χ1v) is 5.79. The van der Waals surface area contributed by atoms with Crippen LogP contribution >= 0.6 is 11.6 Å². The Morgan fingerprint density at radius 3 is 2.33 bits per heavy atom. The molecule has 1 aromatic carbocycles. The zero-order valence-corrected chi connectivity index (χ0v) is 11.1. The molecule has 2 nitrogen and oxygen atoms in total. The first-order valence-electron chi connectivity index (χ1n) is 5.41. The van der Waals surface area contributed by atoms with Crippen LogP contribution in [0.4, 0.5) is 18.9 Å². The number of rotatable bonds is 4. The van der Waals surface area contributed by atoms with Gasteiger partial charge in [0, 0.05) is 13.2 Å². The first kappa shape index (κ1) is 15.1. The Morgan fingerprint density at radius 1 is 1.28 bits per heavy atom. The van der Waals surface area contributed by atoms with E-state index in [4.69, 9.17) is 16.3 Å². The first-order chi connectivity index (χ1) is 8.25. The summed E-state index contributed by atoms with van der Waals surface area (Å²) in [5.41, 5.74) is -0.299. The number of nitrogens with one attached hydrogen (secondary N) is 1. The average molecular weight is 282 g/mol. The number of ether oxygens (including phenoxy) is 1. The highest BCUT2D eigenvalue weighted by Gasteiger charge is 2.31. The van der Waals surface area contributed by atoms with Crippen molar-refractivity contribution in [3.63, 3.8) is 0 Å². The second-order valence-electron chi connectivity index (χ2n) is 4.07. The van der Waals surface area contributed by atoms with Crippen molar-refractivity contribution >= 4 is 17.3 Å². The van der Waals surface area contributed by atoms with E-state index in [1.54, 1.807) is 7.11 Å². The molecule has 0 aliphatic heterocycles. The molecular formula is C12H15ClF3NO. The van der Waals surface area contributed by atoms with E-state index in [0.717, 1.165) is 12.1 Å². The van der Waals surface area contributed by atoms with Gasteiger partial charge in [0.05, 0.1) is 22.4 Å². The Kier molecular flexibility index (Phi) is 4.87. The van der Waals surface area contributed by atoms with Crippen molar-refractivity contribution in [1.82, 2.24) is 0 Å². The lowest BCUT2D eigenvalue weighted by Gasteiger charge is -2.22. The summed E-state index contributed by atoms with van der Waals surface area (Å²) < 4.78 is 42.5. The molecule has 1 aromatic rings. The van der Waals surface area contributed by atoms with Crippen molar-refractivity contribution in [2.45, 2.75) is 32.2 Å². The third-order valence-corrected chi connectivity index (χ3v) is 3.07. The van der Waals surface area contributed by atoms with E-state index in [2.05, 4.69) is 5.32 Å². The highest BCUT2D eigenvalue weighted by atomic mass is 35.5. The van der Waals surface area contributed by atoms with Crippen molar-refractivity contribution < 1.29 is 17.9 Å². The number of hydrogen-bond acceptors (Lipinski definition) is 2. The van der Waals surface area contributed by atoms with Crippen LogP contribution in [0.15, 0.2) is 18.2 Å². The second-order valence-corrected chi connectivity index (χ2v) is 4.47. The van der Waals surface area contributed by atoms with Gasteiger partial charge in [0.25, 0.3) is 0 Å². The Morgan fingerprint density at radius 2 is 1.89 bits per heavy atom. The molecule has 2 unspecified atom stereocenters. The lowest BCUT2D eigenvalue weighted by atomic mass is 10.1. The summed E-state index contributed by atoms with van der Waals surface area (Å²) in [5.74, 6) is 0. The van der Waals surface area contributed by atoms with Crippen LogP contribution in [-0.2, 0) is 10.9 Å². The molecule has 2 atom stereocenters. The molecule has 0 amide bonds. The summed E-state index contributed by atoms with van der Waals surface area (Å²) in [6.45, 7) is 3.72. The maximum absolute atomic E-state index is 12.4. The van der Waals surface area contributed by atoms with Crippen LogP contribution in [0.3, 0.4) is 0 Å². The van der Waals surface area contributed by atoms with Crippen molar-refractivity contribution in [2.75, 3.05) is 12.4 Å². The molecule has 0 saturated heterocycles. The Balaban J connectivity index is 2.87. The Labute approximate surface area is 109 Å². The molecule has 0 heterocycles. The van der Waals surface area contributed by atoms with Gasteiger partial charge >= 0.3 is 6.18 Å². The van der Waals surface area contributed by atoms with Gasteiger partial charge in [-0.3, -0.25) is 0 Å². The fourth-order valence-electron chi connectivity index (χ4n) is 1.38. The van der Waals surface area contributed by atoms with E-state index < -0.39 is 11.7 Å². The molecule has 0 saturated carbocycles. The summed E-state index contributed by atoms with van der Waals surface area (Å²) in [5, 5.41) is 3.06. The van der Waals surface area contributed by atoms with Crippen molar-refractivity contribution in [3.8, 4) is 0 Å². The molecule has 0 aliphatic carbocycles. The Hall–Kier alpha value is -0.940. The van der Waals surface area contributed by atoms with Gasteiger partial charge in [-0.05, 0) is 32.0 Å². The summed E-state index contributed by atoms with van der Waals surface area (Å²) >= 11 is 5.82. The zero-order chi connectivity index (χ0) is 13.9. The van der Waals surface area contributed by atoms with E-state index >= 15 is 0 Å². The van der Waals surface area contributed by atoms with Crippen LogP contribution in [0.1, 0.15) is 19.4 Å². The van der Waals surface area contributed by atoms with Crippen molar-refractivity contribution in [3.05, 3.63) is 28.8 Å². The van der Waals surface area contributed by atoms with Gasteiger partial charge in [0.2, 0.25) is 0 Å². The van der Waals surface area contributed by atoms with Crippen LogP contribution in [0.5, 0.6) is 0 Å². The minimum atomic E-state index is -4.38. The maximum Gasteiger partial charge on any atom is 0.416 e. The average Bonchev–Trinajstić information content (AvgIpc) is 2.29. The molecule has 18 heavy (non-hydrogen) atoms. The van der Waals surface area contributed by atoms with Crippen molar-refractivity contribution in [1.29, 1.82) is 0 Å². The molecule has 0 radical (unpaired) electrons. The monoisotopic (exact) mass is 281 g/mol. The van der Waals surface area contributed by atoms with E-state index in [1.165, 1.54) is 6.07 Å². The zero-order valence-electron chi connectivity index (χ0n) is 10.3. The molecule has 0 fully saturated rings. The number of methoxy groups -OCH3 is 1. The third-order valence-electron chi connectivity index (χ3n) is 2.76. The SMILES string of the molecule is COC(C)C(C)Nc1ccc(C(F)(F)F)cc1Cl. The van der Waals surface area contributed by atoms with Gasteiger partial charge in [-0.15, -0.1) is 0 Å². The third kappa shape index (κ3) is 3.78. The highest BCUT2D eigenvalue weighted by Crippen LogP contribution is 2.34. The van der Waals surface area contributed by atoms with Crippen LogP contribution < -0.4 is 5.32 Å². The molecule has 1 N–H and O–H groups in total. The van der Waals surface area contributed by atoms with Crippen LogP contribution in [0.2, 0.25) is 5.02 Å². The topological polar surface area (TPSA) is 21.3 Å². The van der Waals surface area contributed by atoms with Crippen LogP contribution in [0.25, 0.3) is 0 Å². The standard InChI is InChI=1S/C12H15ClF3NO/c1-7(8(2)18-3)17-11-5-4-9(6-10(11)13)12(14,15)16/h4-8,17H,1-3H3. The van der Waals surface area contributed by atoms with Crippen molar-refractivity contribution in [2.24, 2.45) is 0 Å². The summed E-state index contributed by atoms with van der Waals surface area (Å²) in [6, 6.07) is 3.17. The van der Waals surface area contributed by atoms with Gasteiger partial charge < -0.3 is 10.1 Å². The van der Waals surface area contributed by atoms with E-state index in [1.807, 2.05) is 13.8 Å². The highest BCUT2D eigenvalue weighted by molar-refractivity contribution is 6.33. The fraction of sp³-hybridized carbons (Fsp3) is 0.500. The smallest absolute Gasteiger partial charge is 0.380 e. The molecule has 0 aliphatic rings.